The lowest BCUT2D eigenvalue weighted by atomic mass is 9.91. The van der Waals surface area contributed by atoms with Gasteiger partial charge in [-0.3, -0.25) is 4.79 Å². The Labute approximate surface area is 189 Å². The fraction of sp³-hybridized carbons (Fsp3) is 0.440. The van der Waals surface area contributed by atoms with Crippen molar-refractivity contribution in [2.24, 2.45) is 0 Å². The summed E-state index contributed by atoms with van der Waals surface area (Å²) in [5, 5.41) is 0. The van der Waals surface area contributed by atoms with E-state index in [-0.39, 0.29) is 11.8 Å². The van der Waals surface area contributed by atoms with Crippen LogP contribution in [0.25, 0.3) is 5.65 Å². The van der Waals surface area contributed by atoms with E-state index in [1.807, 2.05) is 54.5 Å². The molecule has 2 aromatic heterocycles. The zero-order valence-electron chi connectivity index (χ0n) is 19.4. The van der Waals surface area contributed by atoms with E-state index in [1.165, 1.54) is 0 Å². The molecule has 1 fully saturated rings. The maximum Gasteiger partial charge on any atom is 0.223 e. The van der Waals surface area contributed by atoms with Crippen molar-refractivity contribution >= 4 is 11.6 Å². The van der Waals surface area contributed by atoms with Gasteiger partial charge in [0.1, 0.15) is 17.1 Å². The molecule has 32 heavy (non-hydrogen) atoms. The van der Waals surface area contributed by atoms with Crippen molar-refractivity contribution in [1.29, 1.82) is 0 Å². The van der Waals surface area contributed by atoms with Crippen LogP contribution in [0.4, 0.5) is 0 Å². The highest BCUT2D eigenvalue weighted by Gasteiger charge is 2.27. The van der Waals surface area contributed by atoms with E-state index in [9.17, 15) is 4.79 Å². The molecule has 0 radical (unpaired) electrons. The first-order valence-electron chi connectivity index (χ1n) is 11.2. The Hall–Kier alpha value is -3.06. The number of pyridine rings is 1. The number of methoxy groups -OCH3 is 2. The first-order chi connectivity index (χ1) is 15.5. The molecule has 0 spiro atoms. The topological polar surface area (TPSA) is 59.3 Å². The third kappa shape index (κ3) is 4.43. The van der Waals surface area contributed by atoms with Gasteiger partial charge in [0, 0.05) is 57.0 Å². The molecule has 0 bridgehead atoms. The van der Waals surface area contributed by atoms with Crippen molar-refractivity contribution in [1.82, 2.24) is 19.2 Å². The molecule has 1 aliphatic rings. The molecule has 3 heterocycles. The van der Waals surface area contributed by atoms with Crippen LogP contribution in [0.3, 0.4) is 0 Å². The maximum absolute atomic E-state index is 13.4. The normalized spacial score (nSPS) is 15.7. The zero-order chi connectivity index (χ0) is 22.7. The van der Waals surface area contributed by atoms with Crippen LogP contribution in [-0.4, -0.2) is 72.0 Å². The van der Waals surface area contributed by atoms with Crippen LogP contribution in [0.15, 0.2) is 42.7 Å². The summed E-state index contributed by atoms with van der Waals surface area (Å²) in [5.41, 5.74) is 3.97. The molecule has 1 atom stereocenters. The summed E-state index contributed by atoms with van der Waals surface area (Å²) in [5.74, 6) is 1.40. The number of likely N-dealkylation sites (N-methyl/N-ethyl adjacent to an activating group) is 1. The predicted molar refractivity (Wildman–Crippen MR) is 125 cm³/mol. The van der Waals surface area contributed by atoms with E-state index in [0.29, 0.717) is 17.9 Å². The number of aryl methyl sites for hydroxylation is 1. The van der Waals surface area contributed by atoms with Gasteiger partial charge >= 0.3 is 0 Å². The minimum absolute atomic E-state index is 0.162. The van der Waals surface area contributed by atoms with Gasteiger partial charge in [0.2, 0.25) is 5.91 Å². The predicted octanol–water partition coefficient (Wildman–Crippen LogP) is 3.35. The second-order valence-electron chi connectivity index (χ2n) is 8.29. The van der Waals surface area contributed by atoms with Crippen molar-refractivity contribution in [2.45, 2.75) is 26.2 Å². The van der Waals surface area contributed by atoms with E-state index in [0.717, 1.165) is 55.2 Å². The lowest BCUT2D eigenvalue weighted by Crippen LogP contribution is -2.48. The number of ether oxygens (including phenoxy) is 2. The Morgan fingerprint density at radius 3 is 2.41 bits per heavy atom. The van der Waals surface area contributed by atoms with Crippen LogP contribution < -0.4 is 9.47 Å². The minimum Gasteiger partial charge on any atom is -0.497 e. The number of imidazole rings is 1. The molecule has 1 unspecified atom stereocenters. The number of rotatable bonds is 7. The first kappa shape index (κ1) is 22.1. The number of hydrogen-bond acceptors (Lipinski definition) is 5. The van der Waals surface area contributed by atoms with Crippen LogP contribution in [0, 0.1) is 6.92 Å². The lowest BCUT2D eigenvalue weighted by Gasteiger charge is -2.34. The lowest BCUT2D eigenvalue weighted by molar-refractivity contribution is -0.133. The molecule has 0 N–H and O–H groups in total. The molecule has 0 saturated carbocycles. The fourth-order valence-corrected chi connectivity index (χ4v) is 4.47. The van der Waals surface area contributed by atoms with Gasteiger partial charge in [0.05, 0.1) is 19.9 Å². The number of fused-ring (bicyclic) bond motifs is 1. The molecule has 0 aliphatic carbocycles. The number of carbonyl (C=O) groups excluding carboxylic acids is 1. The molecule has 3 aromatic rings. The average molecular weight is 437 g/mol. The van der Waals surface area contributed by atoms with Crippen LogP contribution in [0.1, 0.15) is 36.1 Å². The molecule has 7 nitrogen and oxygen atoms in total. The number of nitrogens with zero attached hydrogens (tertiary/aromatic N) is 4. The Morgan fingerprint density at radius 1 is 1.09 bits per heavy atom. The Morgan fingerprint density at radius 2 is 1.78 bits per heavy atom. The molecular formula is C25H32N4O3. The molecule has 7 heteroatoms. The number of benzene rings is 1. The Bertz CT molecular complexity index is 1060. The van der Waals surface area contributed by atoms with Crippen LogP contribution in [0.5, 0.6) is 11.5 Å². The number of hydrogen-bond donors (Lipinski definition) is 0. The first-order valence-corrected chi connectivity index (χ1v) is 11.2. The fourth-order valence-electron chi connectivity index (χ4n) is 4.47. The van der Waals surface area contributed by atoms with Gasteiger partial charge in [0.15, 0.2) is 0 Å². The van der Waals surface area contributed by atoms with E-state index in [4.69, 9.17) is 9.47 Å². The van der Waals surface area contributed by atoms with Gasteiger partial charge in [0.25, 0.3) is 0 Å². The van der Waals surface area contributed by atoms with Crippen LogP contribution >= 0.6 is 0 Å². The van der Waals surface area contributed by atoms with Gasteiger partial charge in [-0.25, -0.2) is 4.98 Å². The van der Waals surface area contributed by atoms with Gasteiger partial charge in [-0.15, -0.1) is 0 Å². The van der Waals surface area contributed by atoms with Crippen molar-refractivity contribution < 1.29 is 14.3 Å². The Kier molecular flexibility index (Phi) is 6.65. The molecule has 1 saturated heterocycles. The van der Waals surface area contributed by atoms with Crippen LogP contribution in [0.2, 0.25) is 0 Å². The standard InChI is InChI=1S/C25H32N4O3/c1-5-27-9-11-28(12-10-27)24(30)16-22(19-13-20(31-3)15-21(14-19)32-4)23-17-26-25-18(2)7-6-8-29(23)25/h6-8,13-15,17,22H,5,9-12,16H2,1-4H3. The smallest absolute Gasteiger partial charge is 0.223 e. The third-order valence-corrected chi connectivity index (χ3v) is 6.44. The maximum atomic E-state index is 13.4. The summed E-state index contributed by atoms with van der Waals surface area (Å²) in [6, 6.07) is 9.90. The summed E-state index contributed by atoms with van der Waals surface area (Å²) in [4.78, 5) is 22.4. The summed E-state index contributed by atoms with van der Waals surface area (Å²) >= 11 is 0. The largest absolute Gasteiger partial charge is 0.497 e. The second-order valence-corrected chi connectivity index (χ2v) is 8.29. The van der Waals surface area contributed by atoms with Crippen molar-refractivity contribution in [3.63, 3.8) is 0 Å². The zero-order valence-corrected chi connectivity index (χ0v) is 19.4. The molecule has 1 aromatic carbocycles. The number of piperazine rings is 1. The number of aromatic nitrogens is 2. The molecule has 1 amide bonds. The van der Waals surface area contributed by atoms with E-state index >= 15 is 0 Å². The highest BCUT2D eigenvalue weighted by molar-refractivity contribution is 5.78. The van der Waals surface area contributed by atoms with Crippen molar-refractivity contribution in [3.8, 4) is 11.5 Å². The number of amides is 1. The van der Waals surface area contributed by atoms with E-state index < -0.39 is 0 Å². The third-order valence-electron chi connectivity index (χ3n) is 6.44. The van der Waals surface area contributed by atoms with Crippen molar-refractivity contribution in [2.75, 3.05) is 46.9 Å². The number of carbonyl (C=O) groups is 1. The van der Waals surface area contributed by atoms with Gasteiger partial charge in [-0.05, 0) is 42.8 Å². The van der Waals surface area contributed by atoms with E-state index in [1.54, 1.807) is 14.2 Å². The molecule has 1 aliphatic heterocycles. The van der Waals surface area contributed by atoms with Crippen LogP contribution in [-0.2, 0) is 4.79 Å². The highest BCUT2D eigenvalue weighted by atomic mass is 16.5. The average Bonchev–Trinajstić information content (AvgIpc) is 3.27. The minimum atomic E-state index is -0.174. The van der Waals surface area contributed by atoms with Gasteiger partial charge < -0.3 is 23.7 Å². The van der Waals surface area contributed by atoms with E-state index in [2.05, 4.69) is 21.2 Å². The molecule has 4 rings (SSSR count). The van der Waals surface area contributed by atoms with Gasteiger partial charge in [-0.2, -0.15) is 0 Å². The molecular weight excluding hydrogens is 404 g/mol. The summed E-state index contributed by atoms with van der Waals surface area (Å²) in [6.07, 6.45) is 4.27. The SMILES string of the molecule is CCN1CCN(C(=O)CC(c2cc(OC)cc(OC)c2)c2cnc3c(C)cccn23)CC1. The monoisotopic (exact) mass is 436 g/mol. The highest BCUT2D eigenvalue weighted by Crippen LogP contribution is 2.35. The molecule has 170 valence electrons. The van der Waals surface area contributed by atoms with Gasteiger partial charge in [-0.1, -0.05) is 13.0 Å². The quantitative estimate of drug-likeness (QED) is 0.569. The Balaban J connectivity index is 1.72. The summed E-state index contributed by atoms with van der Waals surface area (Å²) < 4.78 is 13.1. The second kappa shape index (κ2) is 9.61. The summed E-state index contributed by atoms with van der Waals surface area (Å²) in [7, 11) is 3.28. The van der Waals surface area contributed by atoms with Crippen molar-refractivity contribution in [3.05, 3.63) is 59.5 Å². The summed E-state index contributed by atoms with van der Waals surface area (Å²) in [6.45, 7) is 8.63.